The Morgan fingerprint density at radius 2 is 2.33 bits per heavy atom. The first-order valence-corrected chi connectivity index (χ1v) is 5.10. The fourth-order valence-electron chi connectivity index (χ4n) is 1.46. The van der Waals surface area contributed by atoms with E-state index in [2.05, 4.69) is 11.6 Å². The maximum Gasteiger partial charge on any atom is 0.178 e. The van der Waals surface area contributed by atoms with Crippen LogP contribution in [0.1, 0.15) is 0 Å². The van der Waals surface area contributed by atoms with Crippen molar-refractivity contribution in [2.24, 2.45) is 0 Å². The molecule has 1 heterocycles. The van der Waals surface area contributed by atoms with E-state index in [1.807, 2.05) is 0 Å². The van der Waals surface area contributed by atoms with E-state index >= 15 is 0 Å². The van der Waals surface area contributed by atoms with E-state index in [9.17, 15) is 4.39 Å². The normalized spacial score (nSPS) is 10.8. The zero-order chi connectivity index (χ0) is 11.0. The molecule has 2 nitrogen and oxygen atoms in total. The van der Waals surface area contributed by atoms with Crippen LogP contribution in [-0.4, -0.2) is 9.55 Å². The van der Waals surface area contributed by atoms with Crippen molar-refractivity contribution >= 4 is 34.9 Å². The lowest BCUT2D eigenvalue weighted by Gasteiger charge is -2.00. The number of rotatable bonds is 2. The summed E-state index contributed by atoms with van der Waals surface area (Å²) < 4.78 is 15.6. The largest absolute Gasteiger partial charge is 0.331 e. The first-order chi connectivity index (χ1) is 7.13. The van der Waals surface area contributed by atoms with E-state index in [0.29, 0.717) is 16.8 Å². The summed E-state index contributed by atoms with van der Waals surface area (Å²) in [6.45, 7) is 4.16. The summed E-state index contributed by atoms with van der Waals surface area (Å²) >= 11 is 10.8. The minimum absolute atomic E-state index is 0.0875. The van der Waals surface area contributed by atoms with Gasteiger partial charge < -0.3 is 9.55 Å². The second kappa shape index (κ2) is 3.79. The molecule has 0 saturated carbocycles. The molecule has 0 atom stereocenters. The van der Waals surface area contributed by atoms with Gasteiger partial charge in [-0.1, -0.05) is 17.7 Å². The third-order valence-electron chi connectivity index (χ3n) is 2.13. The van der Waals surface area contributed by atoms with Crippen molar-refractivity contribution in [2.45, 2.75) is 6.54 Å². The summed E-state index contributed by atoms with van der Waals surface area (Å²) in [5, 5.41) is 0.0875. The number of hydrogen-bond acceptors (Lipinski definition) is 1. The summed E-state index contributed by atoms with van der Waals surface area (Å²) in [5.74, 6) is -0.448. The number of hydrogen-bond donors (Lipinski definition) is 1. The third kappa shape index (κ3) is 1.70. The van der Waals surface area contributed by atoms with E-state index in [-0.39, 0.29) is 5.02 Å². The van der Waals surface area contributed by atoms with Crippen LogP contribution in [0.3, 0.4) is 0 Å². The average molecular weight is 243 g/mol. The molecule has 1 N–H and O–H groups in total. The summed E-state index contributed by atoms with van der Waals surface area (Å²) in [6, 6.07) is 2.90. The Morgan fingerprint density at radius 3 is 3.00 bits per heavy atom. The lowest BCUT2D eigenvalue weighted by molar-refractivity contribution is 0.629. The summed E-state index contributed by atoms with van der Waals surface area (Å²) in [4.78, 5) is 2.96. The molecule has 15 heavy (non-hydrogen) atoms. The Bertz CT molecular complexity index is 585. The molecule has 0 fully saturated rings. The van der Waals surface area contributed by atoms with E-state index in [4.69, 9.17) is 23.8 Å². The first kappa shape index (κ1) is 10.4. The second-order valence-corrected chi connectivity index (χ2v) is 3.91. The lowest BCUT2D eigenvalue weighted by Crippen LogP contribution is -1.94. The minimum atomic E-state index is -0.448. The molecule has 2 aromatic rings. The highest BCUT2D eigenvalue weighted by molar-refractivity contribution is 7.71. The number of nitrogens with one attached hydrogen (secondary N) is 1. The molecule has 0 spiro atoms. The molecule has 0 aliphatic rings. The molecule has 0 aliphatic carbocycles. The number of aromatic nitrogens is 2. The van der Waals surface area contributed by atoms with Gasteiger partial charge in [-0.3, -0.25) is 0 Å². The third-order valence-corrected chi connectivity index (χ3v) is 2.74. The molecule has 78 valence electrons. The highest BCUT2D eigenvalue weighted by Crippen LogP contribution is 2.22. The molecule has 1 aromatic carbocycles. The molecule has 0 radical (unpaired) electrons. The number of halogens is 2. The van der Waals surface area contributed by atoms with Gasteiger partial charge in [0, 0.05) is 12.6 Å². The quantitative estimate of drug-likeness (QED) is 0.629. The molecule has 0 amide bonds. The Balaban J connectivity index is 2.81. The van der Waals surface area contributed by atoms with Crippen molar-refractivity contribution in [2.75, 3.05) is 0 Å². The summed E-state index contributed by atoms with van der Waals surface area (Å²) in [6.07, 6.45) is 1.70. The van der Waals surface area contributed by atoms with Gasteiger partial charge in [-0.2, -0.15) is 0 Å². The van der Waals surface area contributed by atoms with Gasteiger partial charge >= 0.3 is 0 Å². The topological polar surface area (TPSA) is 20.7 Å². The number of nitrogens with zero attached hydrogens (tertiary/aromatic N) is 1. The fraction of sp³-hybridized carbons (Fsp3) is 0.100. The van der Waals surface area contributed by atoms with Crippen LogP contribution in [0, 0.1) is 10.6 Å². The molecule has 2 rings (SSSR count). The molecule has 1 aromatic heterocycles. The van der Waals surface area contributed by atoms with Gasteiger partial charge in [0.15, 0.2) is 4.77 Å². The number of benzene rings is 1. The molecular formula is C10H8ClFN2S. The molecule has 0 bridgehead atoms. The number of aromatic amines is 1. The molecule has 0 unspecified atom stereocenters. The van der Waals surface area contributed by atoms with Gasteiger partial charge in [0.05, 0.1) is 16.1 Å². The maximum atomic E-state index is 13.3. The fourth-order valence-corrected chi connectivity index (χ4v) is 1.91. The van der Waals surface area contributed by atoms with E-state index in [1.54, 1.807) is 10.6 Å². The van der Waals surface area contributed by atoms with Crippen LogP contribution >= 0.6 is 23.8 Å². The maximum absolute atomic E-state index is 13.3. The predicted molar refractivity (Wildman–Crippen MR) is 62.3 cm³/mol. The van der Waals surface area contributed by atoms with Gasteiger partial charge in [0.2, 0.25) is 0 Å². The predicted octanol–water partition coefficient (Wildman–Crippen LogP) is 3.68. The summed E-state index contributed by atoms with van der Waals surface area (Å²) in [7, 11) is 0. The first-order valence-electron chi connectivity index (χ1n) is 4.32. The van der Waals surface area contributed by atoms with Crippen LogP contribution in [0.15, 0.2) is 24.8 Å². The Kier molecular flexibility index (Phi) is 2.63. The zero-order valence-electron chi connectivity index (χ0n) is 7.76. The van der Waals surface area contributed by atoms with Crippen LogP contribution in [0.5, 0.6) is 0 Å². The smallest absolute Gasteiger partial charge is 0.178 e. The number of fused-ring (bicyclic) bond motifs is 1. The van der Waals surface area contributed by atoms with Crippen molar-refractivity contribution in [3.8, 4) is 0 Å². The highest BCUT2D eigenvalue weighted by Gasteiger charge is 2.07. The van der Waals surface area contributed by atoms with E-state index in [0.717, 1.165) is 5.52 Å². The van der Waals surface area contributed by atoms with Crippen LogP contribution in [-0.2, 0) is 6.54 Å². The van der Waals surface area contributed by atoms with Gasteiger partial charge in [0.1, 0.15) is 5.82 Å². The van der Waals surface area contributed by atoms with Gasteiger partial charge in [-0.25, -0.2) is 4.39 Å². The van der Waals surface area contributed by atoms with Gasteiger partial charge in [0.25, 0.3) is 0 Å². The summed E-state index contributed by atoms with van der Waals surface area (Å²) in [5.41, 5.74) is 1.43. The van der Waals surface area contributed by atoms with Crippen LogP contribution < -0.4 is 0 Å². The monoisotopic (exact) mass is 242 g/mol. The van der Waals surface area contributed by atoms with Crippen molar-refractivity contribution in [1.29, 1.82) is 0 Å². The van der Waals surface area contributed by atoms with Crippen LogP contribution in [0.25, 0.3) is 11.0 Å². The van der Waals surface area contributed by atoms with Crippen molar-refractivity contribution in [1.82, 2.24) is 9.55 Å². The van der Waals surface area contributed by atoms with Gasteiger partial charge in [-0.05, 0) is 18.3 Å². The molecule has 5 heteroatoms. The molecule has 0 saturated heterocycles. The number of allylic oxidation sites excluding steroid dienone is 1. The van der Waals surface area contributed by atoms with Crippen LogP contribution in [0.4, 0.5) is 4.39 Å². The van der Waals surface area contributed by atoms with E-state index < -0.39 is 5.82 Å². The Hall–Kier alpha value is -1.13. The molecule has 0 aliphatic heterocycles. The highest BCUT2D eigenvalue weighted by atomic mass is 35.5. The SMILES string of the molecule is C=CCn1c(=S)[nH]c2cc(Cl)c(F)cc21. The zero-order valence-corrected chi connectivity index (χ0v) is 9.33. The molecular weight excluding hydrogens is 235 g/mol. The van der Waals surface area contributed by atoms with Crippen LogP contribution in [0.2, 0.25) is 5.02 Å². The van der Waals surface area contributed by atoms with E-state index in [1.165, 1.54) is 12.1 Å². The average Bonchev–Trinajstić information content (AvgIpc) is 2.46. The minimum Gasteiger partial charge on any atom is -0.331 e. The van der Waals surface area contributed by atoms with Crippen molar-refractivity contribution in [3.63, 3.8) is 0 Å². The number of H-pyrrole nitrogens is 1. The van der Waals surface area contributed by atoms with Crippen molar-refractivity contribution < 1.29 is 4.39 Å². The number of imidazole rings is 1. The second-order valence-electron chi connectivity index (χ2n) is 3.11. The van der Waals surface area contributed by atoms with Crippen molar-refractivity contribution in [3.05, 3.63) is 40.4 Å². The van der Waals surface area contributed by atoms with Gasteiger partial charge in [-0.15, -0.1) is 6.58 Å². The standard InChI is InChI=1S/C10H8ClFN2S/c1-2-3-14-9-5-7(12)6(11)4-8(9)13-10(14)15/h2,4-5H,1,3H2,(H,13,15). The Labute approximate surface area is 96.0 Å². The Morgan fingerprint density at radius 1 is 1.60 bits per heavy atom. The lowest BCUT2D eigenvalue weighted by atomic mass is 10.3.